The van der Waals surface area contributed by atoms with Crippen molar-refractivity contribution in [2.24, 2.45) is 0 Å². The monoisotopic (exact) mass is 407 g/mol. The molecule has 0 spiro atoms. The van der Waals surface area contributed by atoms with Crippen LogP contribution in [0.15, 0.2) is 42.6 Å². The second kappa shape index (κ2) is 7.12. The Bertz CT molecular complexity index is 1200. The van der Waals surface area contributed by atoms with E-state index in [0.717, 1.165) is 53.6 Å². The summed E-state index contributed by atoms with van der Waals surface area (Å²) in [6, 6.07) is 12.3. The van der Waals surface area contributed by atoms with E-state index in [2.05, 4.69) is 38.5 Å². The molecule has 0 saturated carbocycles. The molecule has 5 rings (SSSR count). The van der Waals surface area contributed by atoms with Gasteiger partial charge in [-0.05, 0) is 54.7 Å². The Balaban J connectivity index is 1.37. The molecule has 4 aromatic rings. The molecule has 1 amide bonds. The van der Waals surface area contributed by atoms with Crippen molar-refractivity contribution in [1.82, 2.24) is 19.9 Å². The molecule has 0 atom stereocenters. The van der Waals surface area contributed by atoms with Crippen LogP contribution in [0.2, 0.25) is 5.02 Å². The van der Waals surface area contributed by atoms with Crippen LogP contribution in [-0.4, -0.2) is 38.8 Å². The highest BCUT2D eigenvalue weighted by Gasteiger charge is 2.22. The lowest BCUT2D eigenvalue weighted by Crippen LogP contribution is -2.36. The Kier molecular flexibility index (Phi) is 4.43. The van der Waals surface area contributed by atoms with Crippen LogP contribution in [-0.2, 0) is 4.79 Å². The van der Waals surface area contributed by atoms with Crippen molar-refractivity contribution in [3.63, 3.8) is 0 Å². The number of hydrogen-bond donors (Lipinski definition) is 3. The molecule has 2 aromatic heterocycles. The molecule has 29 heavy (non-hydrogen) atoms. The SMILES string of the molecule is CC(=O)N1CCC(c2ccc3nc(Nc4cc(Cl)c5cc[nH]c5c4)[nH]c3c2)CC1. The third-order valence-electron chi connectivity index (χ3n) is 5.80. The normalized spacial score (nSPS) is 15.3. The summed E-state index contributed by atoms with van der Waals surface area (Å²) in [6.07, 6.45) is 3.88. The van der Waals surface area contributed by atoms with Gasteiger partial charge in [0.1, 0.15) is 0 Å². The van der Waals surface area contributed by atoms with Crippen molar-refractivity contribution in [2.75, 3.05) is 18.4 Å². The standard InChI is InChI=1S/C22H22ClN5O/c1-13(29)28-8-5-14(6-9-28)15-2-3-19-21(10-15)27-22(26-19)25-16-11-18(23)17-4-7-24-20(17)12-16/h2-4,7,10-12,14,24H,5-6,8-9H2,1H3,(H2,25,26,27). The maximum atomic E-state index is 11.5. The van der Waals surface area contributed by atoms with Crippen molar-refractivity contribution in [2.45, 2.75) is 25.7 Å². The average Bonchev–Trinajstić information content (AvgIpc) is 3.34. The van der Waals surface area contributed by atoms with E-state index < -0.39 is 0 Å². The lowest BCUT2D eigenvalue weighted by Gasteiger charge is -2.31. The van der Waals surface area contributed by atoms with Crippen LogP contribution < -0.4 is 5.32 Å². The molecule has 2 aromatic carbocycles. The first-order chi connectivity index (χ1) is 14.1. The molecule has 1 fully saturated rings. The predicted molar refractivity (Wildman–Crippen MR) is 117 cm³/mol. The number of rotatable bonds is 3. The summed E-state index contributed by atoms with van der Waals surface area (Å²) < 4.78 is 0. The Hall–Kier alpha value is -2.99. The van der Waals surface area contributed by atoms with Crippen molar-refractivity contribution < 1.29 is 4.79 Å². The number of fused-ring (bicyclic) bond motifs is 2. The van der Waals surface area contributed by atoms with Gasteiger partial charge in [-0.2, -0.15) is 0 Å². The molecule has 0 aliphatic carbocycles. The minimum absolute atomic E-state index is 0.167. The molecule has 1 aliphatic rings. The minimum Gasteiger partial charge on any atom is -0.361 e. The summed E-state index contributed by atoms with van der Waals surface area (Å²) in [5, 5.41) is 5.02. The minimum atomic E-state index is 0.167. The van der Waals surface area contributed by atoms with Crippen LogP contribution in [0.1, 0.15) is 31.2 Å². The summed E-state index contributed by atoms with van der Waals surface area (Å²) in [7, 11) is 0. The third kappa shape index (κ3) is 3.44. The van der Waals surface area contributed by atoms with E-state index in [1.807, 2.05) is 29.3 Å². The summed E-state index contributed by atoms with van der Waals surface area (Å²) in [4.78, 5) is 24.7. The van der Waals surface area contributed by atoms with Gasteiger partial charge in [0.2, 0.25) is 11.9 Å². The summed E-state index contributed by atoms with van der Waals surface area (Å²) in [5.41, 5.74) is 5.08. The van der Waals surface area contributed by atoms with Gasteiger partial charge in [-0.1, -0.05) is 17.7 Å². The number of hydrogen-bond acceptors (Lipinski definition) is 3. The number of nitrogens with one attached hydrogen (secondary N) is 3. The van der Waals surface area contributed by atoms with E-state index in [1.165, 1.54) is 5.56 Å². The van der Waals surface area contributed by atoms with E-state index in [9.17, 15) is 4.79 Å². The first kappa shape index (κ1) is 18.1. The first-order valence-corrected chi connectivity index (χ1v) is 10.2. The smallest absolute Gasteiger partial charge is 0.219 e. The highest BCUT2D eigenvalue weighted by Crippen LogP contribution is 2.31. The van der Waals surface area contributed by atoms with Crippen LogP contribution in [0, 0.1) is 0 Å². The van der Waals surface area contributed by atoms with E-state index in [-0.39, 0.29) is 5.91 Å². The zero-order valence-corrected chi connectivity index (χ0v) is 16.9. The molecule has 1 saturated heterocycles. The van der Waals surface area contributed by atoms with Gasteiger partial charge in [-0.15, -0.1) is 0 Å². The number of anilines is 2. The Labute approximate surface area is 173 Å². The van der Waals surface area contributed by atoms with Gasteiger partial charge < -0.3 is 20.2 Å². The maximum absolute atomic E-state index is 11.5. The molecule has 1 aliphatic heterocycles. The molecule has 3 heterocycles. The fourth-order valence-electron chi connectivity index (χ4n) is 4.20. The van der Waals surface area contributed by atoms with Crippen molar-refractivity contribution in [3.8, 4) is 0 Å². The summed E-state index contributed by atoms with van der Waals surface area (Å²) >= 11 is 6.37. The van der Waals surface area contributed by atoms with Crippen molar-refractivity contribution >= 4 is 51.1 Å². The number of amides is 1. The van der Waals surface area contributed by atoms with Gasteiger partial charge in [-0.3, -0.25) is 4.79 Å². The molecule has 0 unspecified atom stereocenters. The highest BCUT2D eigenvalue weighted by molar-refractivity contribution is 6.35. The second-order valence-electron chi connectivity index (χ2n) is 7.66. The summed E-state index contributed by atoms with van der Waals surface area (Å²) in [5.74, 6) is 1.33. The number of imidazole rings is 1. The van der Waals surface area contributed by atoms with Crippen LogP contribution in [0.4, 0.5) is 11.6 Å². The van der Waals surface area contributed by atoms with E-state index in [0.29, 0.717) is 16.9 Å². The number of carbonyl (C=O) groups is 1. The highest BCUT2D eigenvalue weighted by atomic mass is 35.5. The Morgan fingerprint density at radius 2 is 2.00 bits per heavy atom. The zero-order chi connectivity index (χ0) is 20.0. The number of piperidine rings is 1. The molecule has 0 radical (unpaired) electrons. The van der Waals surface area contributed by atoms with Crippen LogP contribution in [0.3, 0.4) is 0 Å². The largest absolute Gasteiger partial charge is 0.361 e. The van der Waals surface area contributed by atoms with Gasteiger partial charge in [0.15, 0.2) is 0 Å². The van der Waals surface area contributed by atoms with E-state index in [1.54, 1.807) is 6.92 Å². The van der Waals surface area contributed by atoms with Gasteiger partial charge >= 0.3 is 0 Å². The molecule has 7 heteroatoms. The van der Waals surface area contributed by atoms with E-state index in [4.69, 9.17) is 11.6 Å². The van der Waals surface area contributed by atoms with Gasteiger partial charge in [0, 0.05) is 42.8 Å². The maximum Gasteiger partial charge on any atom is 0.219 e. The number of H-pyrrole nitrogens is 2. The molecule has 3 N–H and O–H groups in total. The molecule has 148 valence electrons. The number of likely N-dealkylation sites (tertiary alicyclic amines) is 1. The number of benzene rings is 2. The molecular formula is C22H22ClN5O. The number of aromatic amines is 2. The number of carbonyl (C=O) groups excluding carboxylic acids is 1. The van der Waals surface area contributed by atoms with Crippen molar-refractivity contribution in [1.29, 1.82) is 0 Å². The zero-order valence-electron chi connectivity index (χ0n) is 16.1. The van der Waals surface area contributed by atoms with Crippen molar-refractivity contribution in [3.05, 3.63) is 53.2 Å². The van der Waals surface area contributed by atoms with E-state index >= 15 is 0 Å². The predicted octanol–water partition coefficient (Wildman–Crippen LogP) is 5.17. The Morgan fingerprint density at radius 1 is 1.17 bits per heavy atom. The number of halogens is 1. The quantitative estimate of drug-likeness (QED) is 0.438. The van der Waals surface area contributed by atoms with Crippen LogP contribution in [0.5, 0.6) is 0 Å². The number of aromatic nitrogens is 3. The lowest BCUT2D eigenvalue weighted by molar-refractivity contribution is -0.129. The topological polar surface area (TPSA) is 76.8 Å². The number of nitrogens with zero attached hydrogens (tertiary/aromatic N) is 2. The Morgan fingerprint density at radius 3 is 2.79 bits per heavy atom. The second-order valence-corrected chi connectivity index (χ2v) is 8.07. The van der Waals surface area contributed by atoms with Gasteiger partial charge in [0.25, 0.3) is 0 Å². The summed E-state index contributed by atoms with van der Waals surface area (Å²) in [6.45, 7) is 3.30. The molecule has 0 bridgehead atoms. The van der Waals surface area contributed by atoms with Gasteiger partial charge in [0.05, 0.1) is 16.1 Å². The lowest BCUT2D eigenvalue weighted by atomic mass is 9.89. The third-order valence-corrected chi connectivity index (χ3v) is 6.11. The van der Waals surface area contributed by atoms with Crippen LogP contribution in [0.25, 0.3) is 21.9 Å². The van der Waals surface area contributed by atoms with Crippen LogP contribution >= 0.6 is 11.6 Å². The average molecular weight is 408 g/mol. The fourth-order valence-corrected chi connectivity index (χ4v) is 4.48. The fraction of sp³-hybridized carbons (Fsp3) is 0.273. The first-order valence-electron chi connectivity index (χ1n) is 9.85. The van der Waals surface area contributed by atoms with Gasteiger partial charge in [-0.25, -0.2) is 4.98 Å². The molecular weight excluding hydrogens is 386 g/mol. The molecule has 6 nitrogen and oxygen atoms in total.